The summed E-state index contributed by atoms with van der Waals surface area (Å²) in [6.45, 7) is 0.217. The van der Waals surface area contributed by atoms with Gasteiger partial charge in [-0.3, -0.25) is 4.79 Å². The van der Waals surface area contributed by atoms with Gasteiger partial charge < -0.3 is 19.9 Å². The van der Waals surface area contributed by atoms with Crippen molar-refractivity contribution in [2.24, 2.45) is 5.73 Å². The third-order valence-corrected chi connectivity index (χ3v) is 3.22. The van der Waals surface area contributed by atoms with E-state index in [0.717, 1.165) is 5.56 Å². The van der Waals surface area contributed by atoms with Crippen molar-refractivity contribution in [2.45, 2.75) is 6.61 Å². The van der Waals surface area contributed by atoms with Crippen molar-refractivity contribution in [1.82, 2.24) is 0 Å². The monoisotopic (exact) mass is 315 g/mol. The molecule has 6 nitrogen and oxygen atoms in total. The second kappa shape index (κ2) is 7.31. The average Bonchev–Trinajstić information content (AvgIpc) is 2.59. The number of primary amides is 1. The van der Waals surface area contributed by atoms with Gasteiger partial charge in [0, 0.05) is 6.07 Å². The Balaban J connectivity index is 2.14. The topological polar surface area (TPSA) is 87.8 Å². The quantitative estimate of drug-likeness (QED) is 0.825. The molecule has 0 atom stereocenters. The highest BCUT2D eigenvalue weighted by Gasteiger charge is 2.11. The SMILES string of the molecule is COC(=O)c1ccc(COc2cc(OC)ccc2C(N)=O)cc1. The fourth-order valence-corrected chi connectivity index (χ4v) is 1.97. The predicted molar refractivity (Wildman–Crippen MR) is 83.6 cm³/mol. The Bertz CT molecular complexity index is 709. The van der Waals surface area contributed by atoms with Gasteiger partial charge in [-0.1, -0.05) is 12.1 Å². The van der Waals surface area contributed by atoms with Gasteiger partial charge in [0.1, 0.15) is 18.1 Å². The highest BCUT2D eigenvalue weighted by Crippen LogP contribution is 2.25. The first-order chi connectivity index (χ1) is 11.0. The van der Waals surface area contributed by atoms with Crippen LogP contribution in [0.1, 0.15) is 26.3 Å². The largest absolute Gasteiger partial charge is 0.497 e. The molecular weight excluding hydrogens is 298 g/mol. The van der Waals surface area contributed by atoms with Crippen LogP contribution in [0.2, 0.25) is 0 Å². The summed E-state index contributed by atoms with van der Waals surface area (Å²) in [5.41, 5.74) is 6.89. The Labute approximate surface area is 133 Å². The Hall–Kier alpha value is -3.02. The number of carbonyl (C=O) groups is 2. The zero-order valence-electron chi connectivity index (χ0n) is 12.9. The predicted octanol–water partition coefficient (Wildman–Crippen LogP) is 2.16. The molecule has 23 heavy (non-hydrogen) atoms. The van der Waals surface area contributed by atoms with E-state index in [0.29, 0.717) is 17.1 Å². The van der Waals surface area contributed by atoms with E-state index in [-0.39, 0.29) is 12.2 Å². The first-order valence-corrected chi connectivity index (χ1v) is 6.83. The summed E-state index contributed by atoms with van der Waals surface area (Å²) >= 11 is 0. The molecule has 0 heterocycles. The molecule has 0 unspecified atom stereocenters. The van der Waals surface area contributed by atoms with E-state index in [4.69, 9.17) is 15.2 Å². The lowest BCUT2D eigenvalue weighted by Crippen LogP contribution is -2.13. The zero-order chi connectivity index (χ0) is 16.8. The van der Waals surface area contributed by atoms with Crippen LogP contribution in [-0.2, 0) is 11.3 Å². The summed E-state index contributed by atoms with van der Waals surface area (Å²) in [5.74, 6) is -0.0788. The lowest BCUT2D eigenvalue weighted by Gasteiger charge is -2.11. The Morgan fingerprint density at radius 2 is 1.74 bits per heavy atom. The van der Waals surface area contributed by atoms with Gasteiger partial charge in [0.05, 0.1) is 25.3 Å². The smallest absolute Gasteiger partial charge is 0.337 e. The molecule has 2 rings (SSSR count). The van der Waals surface area contributed by atoms with Crippen LogP contribution in [0.5, 0.6) is 11.5 Å². The van der Waals surface area contributed by atoms with Crippen molar-refractivity contribution in [1.29, 1.82) is 0 Å². The summed E-state index contributed by atoms with van der Waals surface area (Å²) < 4.78 is 15.4. The molecule has 0 aromatic heterocycles. The van der Waals surface area contributed by atoms with Crippen LogP contribution in [0.3, 0.4) is 0 Å². The number of hydrogen-bond donors (Lipinski definition) is 1. The van der Waals surface area contributed by atoms with Crippen molar-refractivity contribution in [2.75, 3.05) is 14.2 Å². The number of nitrogens with two attached hydrogens (primary N) is 1. The van der Waals surface area contributed by atoms with Crippen molar-refractivity contribution >= 4 is 11.9 Å². The van der Waals surface area contributed by atoms with Crippen molar-refractivity contribution in [3.63, 3.8) is 0 Å². The molecule has 2 N–H and O–H groups in total. The van der Waals surface area contributed by atoms with E-state index in [2.05, 4.69) is 4.74 Å². The molecule has 0 aliphatic rings. The van der Waals surface area contributed by atoms with Crippen LogP contribution < -0.4 is 15.2 Å². The number of rotatable bonds is 6. The summed E-state index contributed by atoms with van der Waals surface area (Å²) in [7, 11) is 2.85. The van der Waals surface area contributed by atoms with Crippen LogP contribution in [-0.4, -0.2) is 26.1 Å². The lowest BCUT2D eigenvalue weighted by molar-refractivity contribution is 0.0600. The molecule has 0 bridgehead atoms. The minimum atomic E-state index is -0.580. The molecule has 120 valence electrons. The van der Waals surface area contributed by atoms with Crippen LogP contribution in [0.25, 0.3) is 0 Å². The molecule has 0 fully saturated rings. The van der Waals surface area contributed by atoms with Gasteiger partial charge in [0.15, 0.2) is 0 Å². The first kappa shape index (κ1) is 16.4. The second-order valence-electron chi connectivity index (χ2n) is 4.70. The molecule has 0 spiro atoms. The van der Waals surface area contributed by atoms with Crippen LogP contribution in [0.4, 0.5) is 0 Å². The Morgan fingerprint density at radius 1 is 1.04 bits per heavy atom. The molecule has 0 saturated carbocycles. The zero-order valence-corrected chi connectivity index (χ0v) is 12.9. The third-order valence-electron chi connectivity index (χ3n) is 3.22. The average molecular weight is 315 g/mol. The molecular formula is C17H17NO5. The van der Waals surface area contributed by atoms with Gasteiger partial charge in [-0.05, 0) is 29.8 Å². The second-order valence-corrected chi connectivity index (χ2v) is 4.70. The maximum atomic E-state index is 11.4. The maximum absolute atomic E-state index is 11.4. The van der Waals surface area contributed by atoms with Crippen molar-refractivity contribution < 1.29 is 23.8 Å². The molecule has 6 heteroatoms. The molecule has 1 amide bonds. The number of carbonyl (C=O) groups excluding carboxylic acids is 2. The van der Waals surface area contributed by atoms with E-state index in [1.165, 1.54) is 14.2 Å². The number of hydrogen-bond acceptors (Lipinski definition) is 5. The molecule has 0 aliphatic carbocycles. The highest BCUT2D eigenvalue weighted by molar-refractivity contribution is 5.95. The fraction of sp³-hybridized carbons (Fsp3) is 0.176. The van der Waals surface area contributed by atoms with E-state index < -0.39 is 11.9 Å². The molecule has 2 aromatic rings. The minimum Gasteiger partial charge on any atom is -0.497 e. The Morgan fingerprint density at radius 3 is 2.30 bits per heavy atom. The van der Waals surface area contributed by atoms with E-state index >= 15 is 0 Å². The molecule has 0 saturated heterocycles. The van der Waals surface area contributed by atoms with E-state index in [1.54, 1.807) is 42.5 Å². The van der Waals surface area contributed by atoms with E-state index in [1.807, 2.05) is 0 Å². The number of methoxy groups -OCH3 is 2. The summed E-state index contributed by atoms with van der Waals surface area (Å²) in [5, 5.41) is 0. The third kappa shape index (κ3) is 4.00. The fourth-order valence-electron chi connectivity index (χ4n) is 1.97. The van der Waals surface area contributed by atoms with Gasteiger partial charge >= 0.3 is 5.97 Å². The number of benzene rings is 2. The van der Waals surface area contributed by atoms with Crippen molar-refractivity contribution in [3.05, 3.63) is 59.2 Å². The summed E-state index contributed by atoms with van der Waals surface area (Å²) in [4.78, 5) is 22.8. The Kier molecular flexibility index (Phi) is 5.19. The normalized spacial score (nSPS) is 10.0. The standard InChI is InChI=1S/C17H17NO5/c1-21-13-7-8-14(16(18)19)15(9-13)23-10-11-3-5-12(6-4-11)17(20)22-2/h3-9H,10H2,1-2H3,(H2,18,19). The number of ether oxygens (including phenoxy) is 3. The van der Waals surface area contributed by atoms with Gasteiger partial charge in [-0.2, -0.15) is 0 Å². The first-order valence-electron chi connectivity index (χ1n) is 6.83. The number of amides is 1. The highest BCUT2D eigenvalue weighted by atomic mass is 16.5. The molecule has 2 aromatic carbocycles. The van der Waals surface area contributed by atoms with Gasteiger partial charge in [-0.25, -0.2) is 4.79 Å². The van der Waals surface area contributed by atoms with Crippen LogP contribution >= 0.6 is 0 Å². The summed E-state index contributed by atoms with van der Waals surface area (Å²) in [6.07, 6.45) is 0. The van der Waals surface area contributed by atoms with E-state index in [9.17, 15) is 9.59 Å². The molecule has 0 aliphatic heterocycles. The number of esters is 1. The molecule has 0 radical (unpaired) electrons. The lowest BCUT2D eigenvalue weighted by atomic mass is 10.1. The summed E-state index contributed by atoms with van der Waals surface area (Å²) in [6, 6.07) is 11.6. The van der Waals surface area contributed by atoms with Crippen LogP contribution in [0.15, 0.2) is 42.5 Å². The van der Waals surface area contributed by atoms with Gasteiger partial charge in [0.25, 0.3) is 5.91 Å². The maximum Gasteiger partial charge on any atom is 0.337 e. The minimum absolute atomic E-state index is 0.217. The van der Waals surface area contributed by atoms with Crippen molar-refractivity contribution in [3.8, 4) is 11.5 Å². The van der Waals surface area contributed by atoms with Gasteiger partial charge in [0.2, 0.25) is 0 Å². The van der Waals surface area contributed by atoms with Gasteiger partial charge in [-0.15, -0.1) is 0 Å². The van der Waals surface area contributed by atoms with Crippen LogP contribution in [0, 0.1) is 0 Å².